The summed E-state index contributed by atoms with van der Waals surface area (Å²) in [6.07, 6.45) is 3.62. The summed E-state index contributed by atoms with van der Waals surface area (Å²) >= 11 is 0. The van der Waals surface area contributed by atoms with Crippen LogP contribution in [0, 0.1) is 13.8 Å². The predicted molar refractivity (Wildman–Crippen MR) is 171 cm³/mol. The number of hydrogen-bond acceptors (Lipinski definition) is 6. The highest BCUT2D eigenvalue weighted by Crippen LogP contribution is 2.42. The Morgan fingerprint density at radius 3 is 2.47 bits per heavy atom. The number of fused-ring (bicyclic) bond motifs is 1. The molecular formula is C35H37FN6O3. The van der Waals surface area contributed by atoms with E-state index in [2.05, 4.69) is 55.0 Å². The lowest BCUT2D eigenvalue weighted by Crippen LogP contribution is -2.50. The third-order valence-corrected chi connectivity index (χ3v) is 9.32. The zero-order chi connectivity index (χ0) is 31.1. The van der Waals surface area contributed by atoms with E-state index >= 15 is 0 Å². The van der Waals surface area contributed by atoms with Crippen molar-refractivity contribution in [2.24, 2.45) is 0 Å². The second-order valence-corrected chi connectivity index (χ2v) is 12.4. The topological polar surface area (TPSA) is 112 Å². The lowest BCUT2D eigenvalue weighted by Gasteiger charge is -2.28. The van der Waals surface area contributed by atoms with Gasteiger partial charge >= 0.3 is 0 Å². The van der Waals surface area contributed by atoms with Crippen LogP contribution >= 0.6 is 0 Å². The van der Waals surface area contributed by atoms with Gasteiger partial charge in [0.2, 0.25) is 5.91 Å². The normalized spacial score (nSPS) is 19.1. The second kappa shape index (κ2) is 11.7. The van der Waals surface area contributed by atoms with Gasteiger partial charge in [-0.1, -0.05) is 30.3 Å². The monoisotopic (exact) mass is 608 g/mol. The van der Waals surface area contributed by atoms with Crippen molar-refractivity contribution in [1.29, 1.82) is 0 Å². The van der Waals surface area contributed by atoms with Gasteiger partial charge in [-0.3, -0.25) is 14.7 Å². The average Bonchev–Trinajstić information content (AvgIpc) is 3.55. The number of ether oxygens (including phenoxy) is 1. The molecule has 4 aromatic rings. The van der Waals surface area contributed by atoms with Gasteiger partial charge in [0, 0.05) is 42.1 Å². The number of rotatable bonds is 8. The maximum atomic E-state index is 14.9. The fraction of sp³-hybridized carbons (Fsp3) is 0.371. The summed E-state index contributed by atoms with van der Waals surface area (Å²) in [5, 5.41) is 13.1. The largest absolute Gasteiger partial charge is 0.378 e. The highest BCUT2D eigenvalue weighted by molar-refractivity contribution is 6.00. The van der Waals surface area contributed by atoms with Crippen LogP contribution in [-0.4, -0.2) is 65.0 Å². The van der Waals surface area contributed by atoms with Crippen molar-refractivity contribution >= 4 is 23.3 Å². The van der Waals surface area contributed by atoms with Gasteiger partial charge in [-0.25, -0.2) is 9.37 Å². The molecule has 10 heteroatoms. The number of aromatic amines is 1. The molecule has 2 amide bonds. The Kier molecular flexibility index (Phi) is 7.61. The van der Waals surface area contributed by atoms with Crippen molar-refractivity contribution in [3.63, 3.8) is 0 Å². The Hall–Kier alpha value is -4.57. The number of alkyl halides is 1. The maximum absolute atomic E-state index is 14.9. The van der Waals surface area contributed by atoms with E-state index < -0.39 is 17.6 Å². The van der Waals surface area contributed by atoms with Gasteiger partial charge in [-0.15, -0.1) is 0 Å². The van der Waals surface area contributed by atoms with E-state index in [4.69, 9.17) is 4.74 Å². The van der Waals surface area contributed by atoms with Gasteiger partial charge in [-0.05, 0) is 91.6 Å². The number of benzene rings is 2. The Labute approximate surface area is 261 Å². The number of anilines is 2. The van der Waals surface area contributed by atoms with Crippen molar-refractivity contribution in [1.82, 2.24) is 20.5 Å². The highest BCUT2D eigenvalue weighted by Gasteiger charge is 2.52. The van der Waals surface area contributed by atoms with Crippen molar-refractivity contribution in [2.75, 3.05) is 36.5 Å². The number of nitrogens with zero attached hydrogens (tertiary/aromatic N) is 3. The lowest BCUT2D eigenvalue weighted by atomic mass is 9.90. The van der Waals surface area contributed by atoms with Crippen LogP contribution in [0.3, 0.4) is 0 Å². The van der Waals surface area contributed by atoms with Crippen LogP contribution in [0.4, 0.5) is 15.9 Å². The fourth-order valence-electron chi connectivity index (χ4n) is 6.60. The molecule has 1 saturated heterocycles. The van der Waals surface area contributed by atoms with Crippen molar-refractivity contribution in [3.8, 4) is 22.3 Å². The van der Waals surface area contributed by atoms with E-state index in [0.29, 0.717) is 25.3 Å². The average molecular weight is 609 g/mol. The van der Waals surface area contributed by atoms with E-state index in [1.165, 1.54) is 0 Å². The van der Waals surface area contributed by atoms with E-state index in [-0.39, 0.29) is 24.7 Å². The minimum absolute atomic E-state index is 0.181. The smallest absolute Gasteiger partial charge is 0.258 e. The van der Waals surface area contributed by atoms with Gasteiger partial charge in [0.1, 0.15) is 11.9 Å². The predicted octanol–water partition coefficient (Wildman–Crippen LogP) is 5.25. The van der Waals surface area contributed by atoms with Crippen molar-refractivity contribution in [2.45, 2.75) is 57.2 Å². The van der Waals surface area contributed by atoms with Crippen LogP contribution in [0.25, 0.3) is 22.3 Å². The van der Waals surface area contributed by atoms with Crippen LogP contribution in [0.2, 0.25) is 0 Å². The first-order chi connectivity index (χ1) is 21.8. The van der Waals surface area contributed by atoms with Crippen molar-refractivity contribution < 1.29 is 18.7 Å². The summed E-state index contributed by atoms with van der Waals surface area (Å²) < 4.78 is 20.4. The SMILES string of the molecule is Cc1n[nH]c(C)c1-c1ccc(NC(=O)[C@@H](NC(=O)C2(F)CC2)[C@@H]2CCc3ccc(-c4ccnc(N5CCOCC5)c4)cc32)cc1. The molecule has 3 aliphatic rings. The molecule has 3 heterocycles. The number of H-pyrrole nitrogens is 1. The minimum Gasteiger partial charge on any atom is -0.378 e. The first kappa shape index (κ1) is 29.2. The number of aryl methyl sites for hydroxylation is 3. The molecule has 232 valence electrons. The first-order valence-corrected chi connectivity index (χ1v) is 15.6. The molecule has 2 aromatic heterocycles. The van der Waals surface area contributed by atoms with Gasteiger partial charge in [0.25, 0.3) is 5.91 Å². The molecule has 2 aliphatic carbocycles. The quantitative estimate of drug-likeness (QED) is 0.252. The molecule has 1 saturated carbocycles. The molecular weight excluding hydrogens is 571 g/mol. The van der Waals surface area contributed by atoms with E-state index in [1.54, 1.807) is 0 Å². The molecule has 2 fully saturated rings. The Balaban J connectivity index is 1.16. The van der Waals surface area contributed by atoms with Gasteiger partial charge in [-0.2, -0.15) is 5.10 Å². The van der Waals surface area contributed by atoms with E-state index in [0.717, 1.165) is 70.1 Å². The number of morpholine rings is 1. The van der Waals surface area contributed by atoms with Gasteiger partial charge in [0.15, 0.2) is 5.67 Å². The number of carbonyl (C=O) groups excluding carboxylic acids is 2. The summed E-state index contributed by atoms with van der Waals surface area (Å²) in [5.74, 6) is -0.475. The fourth-order valence-corrected chi connectivity index (χ4v) is 6.60. The van der Waals surface area contributed by atoms with Crippen LogP contribution in [0.1, 0.15) is 47.7 Å². The third-order valence-electron chi connectivity index (χ3n) is 9.32. The number of nitrogens with one attached hydrogen (secondary N) is 3. The third kappa shape index (κ3) is 5.82. The minimum atomic E-state index is -1.89. The summed E-state index contributed by atoms with van der Waals surface area (Å²) in [7, 11) is 0. The van der Waals surface area contributed by atoms with E-state index in [9.17, 15) is 14.0 Å². The molecule has 7 rings (SSSR count). The summed E-state index contributed by atoms with van der Waals surface area (Å²) in [6, 6.07) is 17.0. The zero-order valence-corrected chi connectivity index (χ0v) is 25.5. The maximum Gasteiger partial charge on any atom is 0.258 e. The molecule has 0 radical (unpaired) electrons. The number of hydrogen-bond donors (Lipinski definition) is 3. The molecule has 2 aromatic carbocycles. The molecule has 0 bridgehead atoms. The number of halogens is 1. The summed E-state index contributed by atoms with van der Waals surface area (Å²) in [6.45, 7) is 6.85. The highest BCUT2D eigenvalue weighted by atomic mass is 19.1. The molecule has 2 atom stereocenters. The van der Waals surface area contributed by atoms with Crippen molar-refractivity contribution in [3.05, 3.63) is 83.3 Å². The van der Waals surface area contributed by atoms with Crippen LogP contribution < -0.4 is 15.5 Å². The van der Waals surface area contributed by atoms with Crippen LogP contribution in [-0.2, 0) is 20.7 Å². The van der Waals surface area contributed by atoms with Gasteiger partial charge in [0.05, 0.1) is 18.9 Å². The molecule has 1 aliphatic heterocycles. The summed E-state index contributed by atoms with van der Waals surface area (Å²) in [4.78, 5) is 33.7. The Morgan fingerprint density at radius 1 is 1.02 bits per heavy atom. The zero-order valence-electron chi connectivity index (χ0n) is 25.5. The molecule has 0 spiro atoms. The Morgan fingerprint density at radius 2 is 1.76 bits per heavy atom. The van der Waals surface area contributed by atoms with E-state index in [1.807, 2.05) is 50.4 Å². The molecule has 0 unspecified atom stereocenters. The lowest BCUT2D eigenvalue weighted by molar-refractivity contribution is -0.131. The summed E-state index contributed by atoms with van der Waals surface area (Å²) in [5.41, 5.74) is 6.75. The second-order valence-electron chi connectivity index (χ2n) is 12.4. The molecule has 45 heavy (non-hydrogen) atoms. The number of amides is 2. The Bertz CT molecular complexity index is 1720. The van der Waals surface area contributed by atoms with Crippen LogP contribution in [0.5, 0.6) is 0 Å². The first-order valence-electron chi connectivity index (χ1n) is 15.6. The van der Waals surface area contributed by atoms with Crippen LogP contribution in [0.15, 0.2) is 60.8 Å². The number of aromatic nitrogens is 3. The molecule has 3 N–H and O–H groups in total. The molecule has 9 nitrogen and oxygen atoms in total. The number of carbonyl (C=O) groups is 2. The van der Waals surface area contributed by atoms with Gasteiger partial charge < -0.3 is 20.3 Å². The number of pyridine rings is 1. The standard InChI is InChI=1S/C35H37FN6O3/c1-21-31(22(2)41-40-21)24-5-8-27(9-6-24)38-33(43)32(39-34(44)35(36)12-13-35)28-10-7-23-3-4-25(19-29(23)28)26-11-14-37-30(20-26)42-15-17-45-18-16-42/h3-6,8-9,11,14,19-20,28,32H,7,10,12-13,15-18H2,1-2H3,(H,38,43)(H,39,44)(H,40,41)/t28-,32+/m1/s1.